The average molecular weight is 420 g/mol. The number of nitrogens with zero attached hydrogens (tertiary/aromatic N) is 1. The summed E-state index contributed by atoms with van der Waals surface area (Å²) in [4.78, 5) is 28.4. The normalized spacial score (nSPS) is 10.7. The molecule has 1 heterocycles. The van der Waals surface area contributed by atoms with Crippen molar-refractivity contribution in [3.8, 4) is 11.5 Å². The molecule has 3 aromatic rings. The van der Waals surface area contributed by atoms with E-state index in [4.69, 9.17) is 10.5 Å². The Morgan fingerprint density at radius 2 is 1.93 bits per heavy atom. The first-order chi connectivity index (χ1) is 14.5. The predicted octanol–water partition coefficient (Wildman–Crippen LogP) is 3.75. The third-order valence-electron chi connectivity index (χ3n) is 4.07. The second-order valence-corrected chi connectivity index (χ2v) is 7.07. The van der Waals surface area contributed by atoms with Gasteiger partial charge in [0.25, 0.3) is 11.8 Å². The first kappa shape index (κ1) is 20.9. The minimum Gasteiger partial charge on any atom is -0.457 e. The number of carbonyl (C=O) groups excluding carboxylic acids is 2. The van der Waals surface area contributed by atoms with Gasteiger partial charge in [-0.15, -0.1) is 0 Å². The lowest BCUT2D eigenvalue weighted by Gasteiger charge is -2.11. The van der Waals surface area contributed by atoms with E-state index in [1.165, 1.54) is 31.2 Å². The van der Waals surface area contributed by atoms with E-state index in [1.807, 2.05) is 18.2 Å². The minimum atomic E-state index is -0.295. The van der Waals surface area contributed by atoms with Crippen LogP contribution in [0.3, 0.4) is 0 Å². The lowest BCUT2D eigenvalue weighted by molar-refractivity contribution is 0.0954. The molecule has 0 saturated heterocycles. The number of amides is 2. The van der Waals surface area contributed by atoms with Crippen LogP contribution in [0.25, 0.3) is 10.8 Å². The Bertz CT molecular complexity index is 1140. The maximum Gasteiger partial charge on any atom is 0.269 e. The monoisotopic (exact) mass is 420 g/mol. The van der Waals surface area contributed by atoms with Gasteiger partial charge in [-0.2, -0.15) is 0 Å². The van der Waals surface area contributed by atoms with Gasteiger partial charge >= 0.3 is 0 Å². The zero-order valence-corrected chi connectivity index (χ0v) is 17.0. The summed E-state index contributed by atoms with van der Waals surface area (Å²) in [6, 6.07) is 14.1. The summed E-state index contributed by atoms with van der Waals surface area (Å²) in [5, 5.41) is 8.98. The quantitative estimate of drug-likeness (QED) is 0.537. The molecule has 0 atom stereocenters. The highest BCUT2D eigenvalue weighted by Crippen LogP contribution is 2.28. The van der Waals surface area contributed by atoms with E-state index in [-0.39, 0.29) is 17.5 Å². The Labute approximate surface area is 178 Å². The summed E-state index contributed by atoms with van der Waals surface area (Å²) in [6.07, 6.45) is 2.88. The number of fused-ring (bicyclic) bond motifs is 1. The van der Waals surface area contributed by atoms with E-state index in [1.54, 1.807) is 35.7 Å². The molecular formula is C22H20N4O3S. The van der Waals surface area contributed by atoms with Crippen LogP contribution < -0.4 is 21.1 Å². The van der Waals surface area contributed by atoms with Gasteiger partial charge in [-0.1, -0.05) is 30.5 Å². The van der Waals surface area contributed by atoms with Crippen molar-refractivity contribution < 1.29 is 14.3 Å². The molecule has 0 saturated carbocycles. The highest BCUT2D eigenvalue weighted by molar-refractivity contribution is 8.05. The second-order valence-electron chi connectivity index (χ2n) is 6.07. The van der Waals surface area contributed by atoms with Gasteiger partial charge in [-0.3, -0.25) is 14.6 Å². The molecule has 0 bridgehead atoms. The van der Waals surface area contributed by atoms with E-state index in [2.05, 4.69) is 22.2 Å². The highest BCUT2D eigenvalue weighted by atomic mass is 32.2. The van der Waals surface area contributed by atoms with Gasteiger partial charge in [0.2, 0.25) is 0 Å². The molecule has 3 rings (SSSR count). The molecule has 0 radical (unpaired) electrons. The smallest absolute Gasteiger partial charge is 0.269 e. The fourth-order valence-corrected chi connectivity index (χ4v) is 3.13. The zero-order chi connectivity index (χ0) is 21.5. The van der Waals surface area contributed by atoms with Gasteiger partial charge in [0.15, 0.2) is 0 Å². The van der Waals surface area contributed by atoms with Crippen molar-refractivity contribution in [2.45, 2.75) is 0 Å². The molecule has 0 aliphatic rings. The Morgan fingerprint density at radius 1 is 1.13 bits per heavy atom. The van der Waals surface area contributed by atoms with Crippen LogP contribution in [0.15, 0.2) is 77.9 Å². The number of pyridine rings is 1. The van der Waals surface area contributed by atoms with Gasteiger partial charge in [0.05, 0.1) is 5.03 Å². The van der Waals surface area contributed by atoms with Gasteiger partial charge in [-0.05, 0) is 46.5 Å². The van der Waals surface area contributed by atoms with Crippen LogP contribution in [0, 0.1) is 0 Å². The summed E-state index contributed by atoms with van der Waals surface area (Å²) in [5.74, 6) is 0.498. The minimum absolute atomic E-state index is 0.261. The molecule has 0 spiro atoms. The first-order valence-electron chi connectivity index (χ1n) is 8.94. The number of aromatic nitrogens is 1. The van der Waals surface area contributed by atoms with Gasteiger partial charge in [-0.25, -0.2) is 0 Å². The highest BCUT2D eigenvalue weighted by Gasteiger charge is 2.12. The molecule has 1 aromatic heterocycles. The van der Waals surface area contributed by atoms with Crippen LogP contribution in [0.5, 0.6) is 11.5 Å². The van der Waals surface area contributed by atoms with Crippen LogP contribution in [0.1, 0.15) is 20.8 Å². The van der Waals surface area contributed by atoms with Crippen LogP contribution >= 0.6 is 11.8 Å². The van der Waals surface area contributed by atoms with Crippen molar-refractivity contribution >= 4 is 34.3 Å². The molecule has 0 aliphatic heterocycles. The molecule has 7 nitrogen and oxygen atoms in total. The number of nitrogens with two attached hydrogens (primary N) is 1. The SMILES string of the molecule is C=C(NC(=O)c1cccc2cc(Oc3ccnc(C(=O)NC)c3)ccc12)S/C=C\N. The van der Waals surface area contributed by atoms with Crippen LogP contribution in [-0.4, -0.2) is 23.8 Å². The largest absolute Gasteiger partial charge is 0.457 e. The second kappa shape index (κ2) is 9.62. The average Bonchev–Trinajstić information content (AvgIpc) is 2.76. The van der Waals surface area contributed by atoms with Crippen molar-refractivity contribution in [2.75, 3.05) is 7.05 Å². The number of thioether (sulfide) groups is 1. The fraction of sp³-hybridized carbons (Fsp3) is 0.0455. The maximum absolute atomic E-state index is 12.6. The van der Waals surface area contributed by atoms with E-state index in [0.717, 1.165) is 10.8 Å². The molecular weight excluding hydrogens is 400 g/mol. The Morgan fingerprint density at radius 3 is 2.70 bits per heavy atom. The van der Waals surface area contributed by atoms with Crippen molar-refractivity contribution in [1.82, 2.24) is 15.6 Å². The van der Waals surface area contributed by atoms with E-state index in [0.29, 0.717) is 22.1 Å². The first-order valence-corrected chi connectivity index (χ1v) is 9.82. The third-order valence-corrected chi connectivity index (χ3v) is 4.74. The van der Waals surface area contributed by atoms with Gasteiger partial charge in [0, 0.05) is 31.1 Å². The van der Waals surface area contributed by atoms with Crippen LogP contribution in [0.4, 0.5) is 0 Å². The maximum atomic E-state index is 12.6. The number of hydrogen-bond acceptors (Lipinski definition) is 6. The Balaban J connectivity index is 1.83. The lowest BCUT2D eigenvalue weighted by Crippen LogP contribution is -2.20. The molecule has 0 aliphatic carbocycles. The lowest BCUT2D eigenvalue weighted by atomic mass is 10.0. The number of hydrogen-bond donors (Lipinski definition) is 3. The van der Waals surface area contributed by atoms with Gasteiger partial charge in [0.1, 0.15) is 17.2 Å². The summed E-state index contributed by atoms with van der Waals surface area (Å²) >= 11 is 1.23. The summed E-state index contributed by atoms with van der Waals surface area (Å²) in [5.41, 5.74) is 6.08. The van der Waals surface area contributed by atoms with Gasteiger partial charge < -0.3 is 21.1 Å². The van der Waals surface area contributed by atoms with Crippen LogP contribution in [0.2, 0.25) is 0 Å². The third kappa shape index (κ3) is 4.98. The predicted molar refractivity (Wildman–Crippen MR) is 119 cm³/mol. The summed E-state index contributed by atoms with van der Waals surface area (Å²) in [6.45, 7) is 3.79. The number of ether oxygens (including phenoxy) is 1. The number of rotatable bonds is 7. The van der Waals surface area contributed by atoms with E-state index >= 15 is 0 Å². The van der Waals surface area contributed by atoms with E-state index < -0.39 is 0 Å². The standard InChI is InChI=1S/C22H20N4O3S/c1-14(30-11-9-23)26-21(27)19-5-3-4-15-12-16(6-7-18(15)19)29-17-8-10-25-20(13-17)22(28)24-2/h3-13H,1,23H2,2H3,(H,24,28)(H,26,27)/b11-9-. The number of benzene rings is 2. The molecule has 0 unspecified atom stereocenters. The Kier molecular flexibility index (Phi) is 6.71. The summed E-state index contributed by atoms with van der Waals surface area (Å²) in [7, 11) is 1.54. The van der Waals surface area contributed by atoms with Crippen molar-refractivity contribution in [3.63, 3.8) is 0 Å². The molecule has 8 heteroatoms. The van der Waals surface area contributed by atoms with E-state index in [9.17, 15) is 9.59 Å². The van der Waals surface area contributed by atoms with Crippen molar-refractivity contribution in [1.29, 1.82) is 0 Å². The van der Waals surface area contributed by atoms with Crippen molar-refractivity contribution in [3.05, 3.63) is 89.2 Å². The molecule has 0 fully saturated rings. The molecule has 4 N–H and O–H groups in total. The summed E-state index contributed by atoms with van der Waals surface area (Å²) < 4.78 is 5.87. The van der Waals surface area contributed by atoms with Crippen LogP contribution in [-0.2, 0) is 0 Å². The zero-order valence-electron chi connectivity index (χ0n) is 16.2. The Hall–Kier alpha value is -3.78. The number of nitrogens with one attached hydrogen (secondary N) is 2. The molecule has 2 amide bonds. The molecule has 2 aromatic carbocycles. The van der Waals surface area contributed by atoms with Crippen molar-refractivity contribution in [2.24, 2.45) is 5.73 Å². The fourth-order valence-electron chi connectivity index (χ4n) is 2.73. The number of carbonyl (C=O) groups is 2. The molecule has 30 heavy (non-hydrogen) atoms. The molecule has 152 valence electrons. The topological polar surface area (TPSA) is 106 Å².